The Bertz CT molecular complexity index is 1370. The van der Waals surface area contributed by atoms with Crippen LogP contribution in [0.25, 0.3) is 10.9 Å². The molecular formula is C24H27FN4O5S. The van der Waals surface area contributed by atoms with E-state index in [1.807, 2.05) is 13.8 Å². The average molecular weight is 503 g/mol. The fraction of sp³-hybridized carbons (Fsp3) is 0.375. The van der Waals surface area contributed by atoms with E-state index in [2.05, 4.69) is 10.1 Å². The Kier molecular flexibility index (Phi) is 6.91. The van der Waals surface area contributed by atoms with Crippen LogP contribution in [0, 0.1) is 5.82 Å². The normalized spacial score (nSPS) is 19.2. The highest BCUT2D eigenvalue weighted by Crippen LogP contribution is 2.35. The quantitative estimate of drug-likeness (QED) is 0.473. The van der Waals surface area contributed by atoms with Gasteiger partial charge in [-0.1, -0.05) is 0 Å². The number of carboxylic acids is 1. The van der Waals surface area contributed by atoms with Crippen LogP contribution < -0.4 is 4.74 Å². The Balaban J connectivity index is 1.70. The SMILES string of the molecule is C/N=C/[C@H]1C[C@@H](n2nc(CC(=O)O)c3ccc(F)cc32)CN1S(=O)(=O)c1ccc(OC(C)C)cc1. The van der Waals surface area contributed by atoms with Crippen LogP contribution in [0.5, 0.6) is 5.75 Å². The van der Waals surface area contributed by atoms with Crippen LogP contribution in [-0.4, -0.2) is 65.5 Å². The molecule has 0 amide bonds. The molecule has 2 aromatic carbocycles. The number of aromatic nitrogens is 2. The van der Waals surface area contributed by atoms with Crippen molar-refractivity contribution in [1.29, 1.82) is 0 Å². The molecule has 11 heteroatoms. The number of hydrogen-bond acceptors (Lipinski definition) is 6. The number of carbonyl (C=O) groups is 1. The van der Waals surface area contributed by atoms with E-state index in [1.165, 1.54) is 34.6 Å². The van der Waals surface area contributed by atoms with Crippen LogP contribution in [0.4, 0.5) is 4.39 Å². The van der Waals surface area contributed by atoms with Crippen molar-refractivity contribution in [3.05, 3.63) is 54.0 Å². The van der Waals surface area contributed by atoms with Gasteiger partial charge < -0.3 is 9.84 Å². The number of hydrogen-bond donors (Lipinski definition) is 1. The van der Waals surface area contributed by atoms with E-state index in [9.17, 15) is 22.7 Å². The van der Waals surface area contributed by atoms with Gasteiger partial charge in [-0.3, -0.25) is 14.5 Å². The number of aliphatic imine (C=N–C) groups is 1. The third-order valence-corrected chi connectivity index (χ3v) is 7.71. The lowest BCUT2D eigenvalue weighted by molar-refractivity contribution is -0.136. The van der Waals surface area contributed by atoms with Crippen LogP contribution in [0.3, 0.4) is 0 Å². The molecule has 4 rings (SSSR count). The van der Waals surface area contributed by atoms with Gasteiger partial charge in [0, 0.05) is 25.2 Å². The summed E-state index contributed by atoms with van der Waals surface area (Å²) in [7, 11) is -2.32. The summed E-state index contributed by atoms with van der Waals surface area (Å²) in [6.07, 6.45) is 1.55. The van der Waals surface area contributed by atoms with Gasteiger partial charge in [-0.2, -0.15) is 9.40 Å². The van der Waals surface area contributed by atoms with Crippen LogP contribution in [0.15, 0.2) is 52.4 Å². The molecule has 0 bridgehead atoms. The summed E-state index contributed by atoms with van der Waals surface area (Å²) >= 11 is 0. The molecule has 1 aromatic heterocycles. The molecule has 1 aliphatic rings. The van der Waals surface area contributed by atoms with Gasteiger partial charge in [0.1, 0.15) is 11.6 Å². The van der Waals surface area contributed by atoms with Gasteiger partial charge in [0.05, 0.1) is 40.7 Å². The van der Waals surface area contributed by atoms with E-state index in [1.54, 1.807) is 30.1 Å². The fourth-order valence-electron chi connectivity index (χ4n) is 4.40. The first-order chi connectivity index (χ1) is 16.6. The maximum atomic E-state index is 14.1. The number of benzene rings is 2. The molecule has 1 N–H and O–H groups in total. The van der Waals surface area contributed by atoms with Crippen LogP contribution >= 0.6 is 0 Å². The Hall–Kier alpha value is -3.31. The molecular weight excluding hydrogens is 475 g/mol. The summed E-state index contributed by atoms with van der Waals surface area (Å²) in [5.74, 6) is -0.975. The molecule has 9 nitrogen and oxygen atoms in total. The zero-order valence-electron chi connectivity index (χ0n) is 19.6. The smallest absolute Gasteiger partial charge is 0.309 e. The summed E-state index contributed by atoms with van der Waals surface area (Å²) < 4.78 is 49.7. The third kappa shape index (κ3) is 5.06. The number of nitrogens with zero attached hydrogens (tertiary/aromatic N) is 4. The van der Waals surface area contributed by atoms with Crippen LogP contribution in [-0.2, 0) is 21.2 Å². The summed E-state index contributed by atoms with van der Waals surface area (Å²) in [5.41, 5.74) is 0.725. The summed E-state index contributed by atoms with van der Waals surface area (Å²) in [5, 5.41) is 14.3. The van der Waals surface area contributed by atoms with Gasteiger partial charge in [0.25, 0.3) is 0 Å². The number of carboxylic acid groups (broad SMARTS) is 1. The van der Waals surface area contributed by atoms with Gasteiger partial charge >= 0.3 is 5.97 Å². The van der Waals surface area contributed by atoms with Crippen molar-refractivity contribution in [2.24, 2.45) is 4.99 Å². The molecule has 35 heavy (non-hydrogen) atoms. The van der Waals surface area contributed by atoms with E-state index in [0.717, 1.165) is 0 Å². The van der Waals surface area contributed by atoms with Crippen LogP contribution in [0.2, 0.25) is 0 Å². The zero-order valence-corrected chi connectivity index (χ0v) is 20.4. The topological polar surface area (TPSA) is 114 Å². The lowest BCUT2D eigenvalue weighted by atomic mass is 10.1. The van der Waals surface area contributed by atoms with Crippen molar-refractivity contribution >= 4 is 33.1 Å². The van der Waals surface area contributed by atoms with Crippen molar-refractivity contribution in [3.8, 4) is 5.75 Å². The second-order valence-corrected chi connectivity index (χ2v) is 10.6. The predicted octanol–water partition coefficient (Wildman–Crippen LogP) is 3.29. The Morgan fingerprint density at radius 2 is 2.00 bits per heavy atom. The van der Waals surface area contributed by atoms with Crippen LogP contribution in [0.1, 0.15) is 32.0 Å². The number of ether oxygens (including phenoxy) is 1. The molecule has 0 unspecified atom stereocenters. The van der Waals surface area contributed by atoms with E-state index in [-0.39, 0.29) is 24.0 Å². The van der Waals surface area contributed by atoms with Gasteiger partial charge in [-0.25, -0.2) is 12.8 Å². The maximum absolute atomic E-state index is 14.1. The van der Waals surface area contributed by atoms with E-state index < -0.39 is 33.9 Å². The van der Waals surface area contributed by atoms with Gasteiger partial charge in [-0.15, -0.1) is 0 Å². The first-order valence-corrected chi connectivity index (χ1v) is 12.6. The van der Waals surface area contributed by atoms with E-state index in [4.69, 9.17) is 4.74 Å². The maximum Gasteiger partial charge on any atom is 0.309 e. The number of rotatable bonds is 8. The number of aliphatic carboxylic acids is 1. The minimum Gasteiger partial charge on any atom is -0.491 e. The fourth-order valence-corrected chi connectivity index (χ4v) is 6.02. The Morgan fingerprint density at radius 1 is 1.29 bits per heavy atom. The van der Waals surface area contributed by atoms with Crippen molar-refractivity contribution in [2.75, 3.05) is 13.6 Å². The molecule has 0 aliphatic carbocycles. The zero-order chi connectivity index (χ0) is 25.3. The van der Waals surface area contributed by atoms with Gasteiger partial charge in [0.2, 0.25) is 10.0 Å². The monoisotopic (exact) mass is 502 g/mol. The first kappa shape index (κ1) is 24.8. The minimum atomic E-state index is -3.89. The van der Waals surface area contributed by atoms with Crippen molar-refractivity contribution in [3.63, 3.8) is 0 Å². The second-order valence-electron chi connectivity index (χ2n) is 8.70. The van der Waals surface area contributed by atoms with E-state index >= 15 is 0 Å². The molecule has 0 spiro atoms. The summed E-state index contributed by atoms with van der Waals surface area (Å²) in [6, 6.07) is 9.30. The number of halogens is 1. The number of sulfonamides is 1. The minimum absolute atomic E-state index is 0.0401. The molecule has 1 aliphatic heterocycles. The average Bonchev–Trinajstić information content (AvgIpc) is 3.35. The van der Waals surface area contributed by atoms with Crippen molar-refractivity contribution in [1.82, 2.24) is 14.1 Å². The third-order valence-electron chi connectivity index (χ3n) is 5.81. The molecule has 0 radical (unpaired) electrons. The lowest BCUT2D eigenvalue weighted by Crippen LogP contribution is -2.36. The molecule has 1 saturated heterocycles. The Labute approximate surface area is 202 Å². The highest BCUT2D eigenvalue weighted by atomic mass is 32.2. The summed E-state index contributed by atoms with van der Waals surface area (Å²) in [6.45, 7) is 3.84. The second kappa shape index (κ2) is 9.74. The highest BCUT2D eigenvalue weighted by molar-refractivity contribution is 7.89. The molecule has 186 valence electrons. The van der Waals surface area contributed by atoms with Gasteiger partial charge in [0.15, 0.2) is 0 Å². The Morgan fingerprint density at radius 3 is 2.63 bits per heavy atom. The van der Waals surface area contributed by atoms with Crippen molar-refractivity contribution < 1.29 is 27.4 Å². The molecule has 1 fully saturated rings. The highest BCUT2D eigenvalue weighted by Gasteiger charge is 2.41. The van der Waals surface area contributed by atoms with Crippen molar-refractivity contribution in [2.45, 2.75) is 49.8 Å². The van der Waals surface area contributed by atoms with Gasteiger partial charge in [-0.05, 0) is 62.7 Å². The molecule has 2 atom stereocenters. The number of fused-ring (bicyclic) bond motifs is 1. The standard InChI is InChI=1S/C24H27FN4O5S/c1-15(2)34-19-5-7-20(8-6-19)35(32,33)28-14-18(11-17(28)13-26-3)29-23-10-16(25)4-9-21(23)22(27-29)12-24(30)31/h4-10,13,15,17-18H,11-12,14H2,1-3H3,(H,30,31)/b26-13+/t17-,18-/m1/s1. The predicted molar refractivity (Wildman–Crippen MR) is 129 cm³/mol. The first-order valence-electron chi connectivity index (χ1n) is 11.2. The van der Waals surface area contributed by atoms with E-state index in [0.29, 0.717) is 28.8 Å². The molecule has 0 saturated carbocycles. The lowest BCUT2D eigenvalue weighted by Gasteiger charge is -2.21. The summed E-state index contributed by atoms with van der Waals surface area (Å²) in [4.78, 5) is 15.5. The molecule has 2 heterocycles. The largest absolute Gasteiger partial charge is 0.491 e. The molecule has 3 aromatic rings.